The largest absolute Gasteiger partial charge is 0.491 e. The second kappa shape index (κ2) is 3.91. The van der Waals surface area contributed by atoms with Gasteiger partial charge in [-0.05, 0) is 12.1 Å². The lowest BCUT2D eigenvalue weighted by Gasteiger charge is -2.06. The number of hydrogen-bond donors (Lipinski definition) is 2. The molecule has 0 aliphatic carbocycles. The lowest BCUT2D eigenvalue weighted by atomic mass is 10.2. The van der Waals surface area contributed by atoms with Crippen LogP contribution in [-0.4, -0.2) is 18.2 Å². The van der Waals surface area contributed by atoms with E-state index in [-0.39, 0.29) is 5.56 Å². The van der Waals surface area contributed by atoms with E-state index in [1.165, 1.54) is 19.2 Å². The fourth-order valence-electron chi connectivity index (χ4n) is 1.03. The molecule has 0 spiro atoms. The highest BCUT2D eigenvalue weighted by atomic mass is 16.5. The molecule has 3 N–H and O–H groups in total. The number of ether oxygens (including phenoxy) is 1. The van der Waals surface area contributed by atoms with Crippen LogP contribution in [0.15, 0.2) is 18.2 Å². The Hall–Kier alpha value is -1.55. The Labute approximate surface area is 76.1 Å². The van der Waals surface area contributed by atoms with Crippen molar-refractivity contribution >= 4 is 11.7 Å². The van der Waals surface area contributed by atoms with Gasteiger partial charge in [0.05, 0.1) is 12.7 Å². The van der Waals surface area contributed by atoms with Gasteiger partial charge in [0.2, 0.25) is 0 Å². The molecular weight excluding hydrogens is 170 g/mol. The second-order valence-electron chi connectivity index (χ2n) is 2.47. The molecule has 0 radical (unpaired) electrons. The van der Waals surface area contributed by atoms with E-state index >= 15 is 0 Å². The highest BCUT2D eigenvalue weighted by molar-refractivity contribution is 5.88. The van der Waals surface area contributed by atoms with E-state index in [9.17, 15) is 4.79 Å². The number of nitrogens with two attached hydrogens (primary N) is 1. The normalized spacial score (nSPS) is 9.69. The fraction of sp³-hybridized carbons (Fsp3) is 0.111. The molecule has 0 aliphatic heterocycles. The monoisotopic (exact) mass is 181 g/mol. The molecule has 4 nitrogen and oxygen atoms in total. The highest BCUT2D eigenvalue weighted by Crippen LogP contribution is 2.20. The van der Waals surface area contributed by atoms with Gasteiger partial charge in [0.15, 0.2) is 5.75 Å². The number of benzene rings is 1. The SMILES string of the molecule is [CH2-][NH2+]c1cc(C(=O)O)ccc1OC. The minimum Gasteiger partial charge on any atom is -0.491 e. The molecule has 0 saturated heterocycles. The van der Waals surface area contributed by atoms with E-state index in [0.717, 1.165) is 0 Å². The minimum atomic E-state index is -0.953. The van der Waals surface area contributed by atoms with Gasteiger partial charge in [-0.3, -0.25) is 0 Å². The zero-order chi connectivity index (χ0) is 9.84. The van der Waals surface area contributed by atoms with E-state index in [1.807, 2.05) is 0 Å². The van der Waals surface area contributed by atoms with Gasteiger partial charge < -0.3 is 15.2 Å². The topological polar surface area (TPSA) is 63.1 Å². The maximum atomic E-state index is 10.6. The van der Waals surface area contributed by atoms with E-state index in [2.05, 4.69) is 7.05 Å². The molecule has 0 unspecified atom stereocenters. The molecule has 0 saturated carbocycles. The van der Waals surface area contributed by atoms with Gasteiger partial charge in [0, 0.05) is 6.07 Å². The maximum absolute atomic E-state index is 10.6. The molecule has 0 aromatic heterocycles. The van der Waals surface area contributed by atoms with Gasteiger partial charge in [0.25, 0.3) is 0 Å². The summed E-state index contributed by atoms with van der Waals surface area (Å²) in [6, 6.07) is 4.63. The summed E-state index contributed by atoms with van der Waals surface area (Å²) in [6.07, 6.45) is 0. The van der Waals surface area contributed by atoms with Gasteiger partial charge in [0.1, 0.15) is 5.69 Å². The van der Waals surface area contributed by atoms with Crippen molar-refractivity contribution < 1.29 is 20.0 Å². The van der Waals surface area contributed by atoms with Crippen molar-refractivity contribution in [1.29, 1.82) is 0 Å². The third-order valence-electron chi connectivity index (χ3n) is 1.70. The summed E-state index contributed by atoms with van der Waals surface area (Å²) in [7, 11) is 5.10. The molecule has 1 rings (SSSR count). The van der Waals surface area contributed by atoms with Gasteiger partial charge in [-0.2, -0.15) is 0 Å². The maximum Gasteiger partial charge on any atom is 0.335 e. The summed E-state index contributed by atoms with van der Waals surface area (Å²) in [5.41, 5.74) is 0.915. The third-order valence-corrected chi connectivity index (χ3v) is 1.70. The zero-order valence-electron chi connectivity index (χ0n) is 7.28. The van der Waals surface area contributed by atoms with Crippen LogP contribution < -0.4 is 10.1 Å². The first-order valence-corrected chi connectivity index (χ1v) is 3.73. The molecular formula is C9H11NO3. The molecule has 1 aromatic rings. The highest BCUT2D eigenvalue weighted by Gasteiger charge is 2.08. The number of hydrogen-bond acceptors (Lipinski definition) is 2. The predicted molar refractivity (Wildman–Crippen MR) is 46.9 cm³/mol. The van der Waals surface area contributed by atoms with Crippen LogP contribution in [0.3, 0.4) is 0 Å². The standard InChI is InChI=1S/C9H11NO3/c1-10-7-5-6(9(11)12)3-4-8(7)13-2/h3-5H,1,10H2,2H3,(H,11,12). The number of methoxy groups -OCH3 is 1. The van der Waals surface area contributed by atoms with E-state index in [4.69, 9.17) is 9.84 Å². The summed E-state index contributed by atoms with van der Waals surface area (Å²) in [5, 5.41) is 10.3. The Bertz CT molecular complexity index is 323. The van der Waals surface area contributed by atoms with Gasteiger partial charge >= 0.3 is 5.97 Å². The van der Waals surface area contributed by atoms with Crippen LogP contribution in [0.1, 0.15) is 10.4 Å². The molecule has 0 heterocycles. The molecule has 0 amide bonds. The lowest BCUT2D eigenvalue weighted by Crippen LogP contribution is -2.69. The van der Waals surface area contributed by atoms with Crippen molar-refractivity contribution in [1.82, 2.24) is 0 Å². The van der Waals surface area contributed by atoms with Gasteiger partial charge in [-0.25, -0.2) is 4.79 Å². The van der Waals surface area contributed by atoms with Crippen molar-refractivity contribution in [2.75, 3.05) is 7.11 Å². The summed E-state index contributed by atoms with van der Waals surface area (Å²) < 4.78 is 5.01. The predicted octanol–water partition coefficient (Wildman–Crippen LogP) is 0.380. The Morgan fingerprint density at radius 2 is 2.31 bits per heavy atom. The fourth-order valence-corrected chi connectivity index (χ4v) is 1.03. The molecule has 0 aliphatic rings. The smallest absolute Gasteiger partial charge is 0.335 e. The zero-order valence-corrected chi connectivity index (χ0v) is 7.28. The first-order chi connectivity index (χ1) is 6.19. The van der Waals surface area contributed by atoms with Gasteiger partial charge in [-0.1, -0.05) is 0 Å². The first kappa shape index (κ1) is 9.54. The van der Waals surface area contributed by atoms with Gasteiger partial charge in [-0.15, -0.1) is 7.05 Å². The quantitative estimate of drug-likeness (QED) is 0.523. The van der Waals surface area contributed by atoms with Crippen molar-refractivity contribution in [2.24, 2.45) is 0 Å². The Morgan fingerprint density at radius 1 is 1.62 bits per heavy atom. The molecule has 70 valence electrons. The van der Waals surface area contributed by atoms with Crippen molar-refractivity contribution in [2.45, 2.75) is 0 Å². The van der Waals surface area contributed by atoms with E-state index in [1.54, 1.807) is 11.4 Å². The van der Waals surface area contributed by atoms with Crippen LogP contribution in [0.25, 0.3) is 0 Å². The van der Waals surface area contributed by atoms with Crippen LogP contribution in [0.5, 0.6) is 5.75 Å². The van der Waals surface area contributed by atoms with Crippen LogP contribution >= 0.6 is 0 Å². The Balaban J connectivity index is 3.13. The summed E-state index contributed by atoms with van der Waals surface area (Å²) >= 11 is 0. The number of rotatable bonds is 3. The van der Waals surface area contributed by atoms with Crippen molar-refractivity contribution in [3.63, 3.8) is 0 Å². The summed E-state index contributed by atoms with van der Waals surface area (Å²) in [4.78, 5) is 10.6. The van der Waals surface area contributed by atoms with E-state index < -0.39 is 5.97 Å². The lowest BCUT2D eigenvalue weighted by molar-refractivity contribution is -0.505. The molecule has 0 atom stereocenters. The molecule has 1 aromatic carbocycles. The second-order valence-corrected chi connectivity index (χ2v) is 2.47. The van der Waals surface area contributed by atoms with Crippen LogP contribution in [0, 0.1) is 7.05 Å². The average molecular weight is 181 g/mol. The molecule has 13 heavy (non-hydrogen) atoms. The number of carbonyl (C=O) groups is 1. The van der Waals surface area contributed by atoms with E-state index in [0.29, 0.717) is 11.4 Å². The first-order valence-electron chi connectivity index (χ1n) is 3.73. The Morgan fingerprint density at radius 3 is 2.77 bits per heavy atom. The van der Waals surface area contributed by atoms with Crippen LogP contribution in [0.4, 0.5) is 5.69 Å². The molecule has 0 fully saturated rings. The Kier molecular flexibility index (Phi) is 2.87. The summed E-state index contributed by atoms with van der Waals surface area (Å²) in [6.45, 7) is 0. The minimum absolute atomic E-state index is 0.232. The van der Waals surface area contributed by atoms with Crippen LogP contribution in [0.2, 0.25) is 0 Å². The molecule has 0 bridgehead atoms. The summed E-state index contributed by atoms with van der Waals surface area (Å²) in [5.74, 6) is -0.328. The third kappa shape index (κ3) is 1.97. The van der Waals surface area contributed by atoms with Crippen molar-refractivity contribution in [3.05, 3.63) is 30.8 Å². The number of carboxylic acids is 1. The average Bonchev–Trinajstić information content (AvgIpc) is 2.16. The molecule has 4 heteroatoms. The van der Waals surface area contributed by atoms with Crippen LogP contribution in [-0.2, 0) is 0 Å². The van der Waals surface area contributed by atoms with Crippen molar-refractivity contribution in [3.8, 4) is 5.75 Å². The number of carboxylic acid groups (broad SMARTS) is 1. The number of quaternary nitrogens is 1. The number of aromatic carboxylic acids is 1.